The molecule has 14 heavy (non-hydrogen) atoms. The fourth-order valence-corrected chi connectivity index (χ4v) is 0.596. The molecule has 76 valence electrons. The average molecular weight is 231 g/mol. The summed E-state index contributed by atoms with van der Waals surface area (Å²) in [6.45, 7) is 0. The SMILES string of the molecule is N#CC(C#N)=C(Cl)C(F)(F)C(F)(F)F. The summed E-state index contributed by atoms with van der Waals surface area (Å²) in [5.74, 6) is -5.38. The highest BCUT2D eigenvalue weighted by Crippen LogP contribution is 2.43. The third kappa shape index (κ3) is 2.12. The Morgan fingerprint density at radius 3 is 1.57 bits per heavy atom. The molecule has 0 heterocycles. The minimum absolute atomic E-state index is 0.836. The van der Waals surface area contributed by atoms with Gasteiger partial charge in [-0.2, -0.15) is 32.5 Å². The number of hydrogen-bond donors (Lipinski definition) is 0. The zero-order valence-electron chi connectivity index (χ0n) is 6.16. The van der Waals surface area contributed by atoms with Crippen LogP contribution < -0.4 is 0 Å². The highest BCUT2D eigenvalue weighted by atomic mass is 35.5. The summed E-state index contributed by atoms with van der Waals surface area (Å²) in [6.07, 6.45) is -5.93. The lowest BCUT2D eigenvalue weighted by Gasteiger charge is -2.18. The van der Waals surface area contributed by atoms with E-state index in [4.69, 9.17) is 10.5 Å². The third-order valence-corrected chi connectivity index (χ3v) is 1.50. The fraction of sp³-hybridized carbons (Fsp3) is 0.333. The van der Waals surface area contributed by atoms with Crippen molar-refractivity contribution in [2.45, 2.75) is 12.1 Å². The number of nitrogens with zero attached hydrogens (tertiary/aromatic N) is 2. The molecule has 0 rings (SSSR count). The van der Waals surface area contributed by atoms with Crippen molar-refractivity contribution in [1.82, 2.24) is 0 Å². The Bertz CT molecular complexity index is 327. The van der Waals surface area contributed by atoms with Crippen molar-refractivity contribution in [2.75, 3.05) is 0 Å². The molecule has 0 bridgehead atoms. The minimum atomic E-state index is -5.93. The van der Waals surface area contributed by atoms with E-state index in [1.165, 1.54) is 0 Å². The van der Waals surface area contributed by atoms with Gasteiger partial charge in [-0.25, -0.2) is 0 Å². The Hall–Kier alpha value is -1.34. The molecule has 0 spiro atoms. The number of alkyl halides is 5. The van der Waals surface area contributed by atoms with E-state index in [-0.39, 0.29) is 0 Å². The lowest BCUT2D eigenvalue weighted by atomic mass is 10.2. The predicted molar refractivity (Wildman–Crippen MR) is 35.1 cm³/mol. The van der Waals surface area contributed by atoms with Crippen LogP contribution in [0.1, 0.15) is 0 Å². The van der Waals surface area contributed by atoms with Gasteiger partial charge in [-0.1, -0.05) is 11.6 Å². The molecule has 0 aliphatic heterocycles. The molecule has 0 fully saturated rings. The number of allylic oxidation sites excluding steroid dienone is 2. The van der Waals surface area contributed by atoms with Crippen molar-refractivity contribution in [3.63, 3.8) is 0 Å². The molecule has 0 saturated heterocycles. The van der Waals surface area contributed by atoms with Crippen LogP contribution in [0.15, 0.2) is 10.6 Å². The van der Waals surface area contributed by atoms with Crippen LogP contribution in [0.5, 0.6) is 0 Å². The number of hydrogen-bond acceptors (Lipinski definition) is 2. The molecule has 2 nitrogen and oxygen atoms in total. The zero-order chi connectivity index (χ0) is 11.6. The van der Waals surface area contributed by atoms with Gasteiger partial charge in [0.25, 0.3) is 0 Å². The molecule has 0 aromatic carbocycles. The Morgan fingerprint density at radius 1 is 1.00 bits per heavy atom. The molecule has 0 amide bonds. The molecule has 0 N–H and O–H groups in total. The van der Waals surface area contributed by atoms with E-state index in [1.807, 2.05) is 0 Å². The van der Waals surface area contributed by atoms with Gasteiger partial charge in [0.2, 0.25) is 0 Å². The van der Waals surface area contributed by atoms with Gasteiger partial charge < -0.3 is 0 Å². The van der Waals surface area contributed by atoms with Crippen LogP contribution >= 0.6 is 11.6 Å². The van der Waals surface area contributed by atoms with Crippen molar-refractivity contribution >= 4 is 11.6 Å². The van der Waals surface area contributed by atoms with Crippen LogP contribution in [0.4, 0.5) is 22.0 Å². The van der Waals surface area contributed by atoms with Gasteiger partial charge in [0.1, 0.15) is 17.2 Å². The standard InChI is InChI=1S/C6ClF5N2/c7-4(3(1-13)2-14)5(8,9)6(10,11)12. The van der Waals surface area contributed by atoms with E-state index < -0.39 is 22.7 Å². The molecular weight excluding hydrogens is 231 g/mol. The van der Waals surface area contributed by atoms with Crippen molar-refractivity contribution in [1.29, 1.82) is 10.5 Å². The highest BCUT2D eigenvalue weighted by molar-refractivity contribution is 6.31. The summed E-state index contributed by atoms with van der Waals surface area (Å²) in [5.41, 5.74) is -1.46. The molecule has 0 aromatic heterocycles. The largest absolute Gasteiger partial charge is 0.459 e. The van der Waals surface area contributed by atoms with E-state index in [9.17, 15) is 22.0 Å². The Morgan fingerprint density at radius 2 is 1.36 bits per heavy atom. The van der Waals surface area contributed by atoms with Gasteiger partial charge in [-0.3, -0.25) is 0 Å². The van der Waals surface area contributed by atoms with Crippen molar-refractivity contribution in [2.24, 2.45) is 0 Å². The van der Waals surface area contributed by atoms with E-state index in [0.29, 0.717) is 0 Å². The summed E-state index contributed by atoms with van der Waals surface area (Å²) < 4.78 is 59.6. The highest BCUT2D eigenvalue weighted by Gasteiger charge is 2.61. The summed E-state index contributed by atoms with van der Waals surface area (Å²) in [4.78, 5) is 0. The average Bonchev–Trinajstić information content (AvgIpc) is 2.04. The molecular formula is C6ClF5N2. The summed E-state index contributed by atoms with van der Waals surface area (Å²) in [7, 11) is 0. The van der Waals surface area contributed by atoms with Crippen molar-refractivity contribution in [3.8, 4) is 12.1 Å². The lowest BCUT2D eigenvalue weighted by molar-refractivity contribution is -0.261. The van der Waals surface area contributed by atoms with E-state index >= 15 is 0 Å². The number of nitriles is 2. The molecule has 0 aliphatic carbocycles. The second-order valence-corrected chi connectivity index (χ2v) is 2.36. The maximum Gasteiger partial charge on any atom is 0.459 e. The van der Waals surface area contributed by atoms with Gasteiger partial charge in [0.15, 0.2) is 5.57 Å². The second kappa shape index (κ2) is 3.81. The maximum absolute atomic E-state index is 12.3. The predicted octanol–water partition coefficient (Wildman–Crippen LogP) is 2.72. The smallest absolute Gasteiger partial charge is 0.192 e. The van der Waals surface area contributed by atoms with Gasteiger partial charge in [-0.15, -0.1) is 0 Å². The van der Waals surface area contributed by atoms with E-state index in [1.54, 1.807) is 0 Å². The molecule has 0 radical (unpaired) electrons. The first kappa shape index (κ1) is 12.7. The normalized spacial score (nSPS) is 11.4. The zero-order valence-corrected chi connectivity index (χ0v) is 6.92. The minimum Gasteiger partial charge on any atom is -0.192 e. The van der Waals surface area contributed by atoms with E-state index in [2.05, 4.69) is 11.6 Å². The number of rotatable bonds is 1. The Labute approximate surface area is 79.8 Å². The van der Waals surface area contributed by atoms with Crippen LogP contribution in [0, 0.1) is 22.7 Å². The van der Waals surface area contributed by atoms with Crippen LogP contribution in [0.2, 0.25) is 0 Å². The van der Waals surface area contributed by atoms with Gasteiger partial charge >= 0.3 is 12.1 Å². The topological polar surface area (TPSA) is 47.6 Å². The monoisotopic (exact) mass is 230 g/mol. The third-order valence-electron chi connectivity index (χ3n) is 1.07. The summed E-state index contributed by atoms with van der Waals surface area (Å²) >= 11 is 4.59. The van der Waals surface area contributed by atoms with Gasteiger partial charge in [-0.05, 0) is 0 Å². The second-order valence-electron chi connectivity index (χ2n) is 1.98. The quantitative estimate of drug-likeness (QED) is 0.514. The van der Waals surface area contributed by atoms with Crippen LogP contribution in [0.25, 0.3) is 0 Å². The summed E-state index contributed by atoms with van der Waals surface area (Å²) in [5, 5.41) is 13.9. The lowest BCUT2D eigenvalue weighted by Crippen LogP contribution is -2.37. The fourth-order valence-electron chi connectivity index (χ4n) is 0.405. The first-order valence-electron chi connectivity index (χ1n) is 2.83. The van der Waals surface area contributed by atoms with E-state index in [0.717, 1.165) is 12.1 Å². The first-order chi connectivity index (χ1) is 6.18. The van der Waals surface area contributed by atoms with Crippen molar-refractivity contribution in [3.05, 3.63) is 10.6 Å². The Balaban J connectivity index is 5.48. The van der Waals surface area contributed by atoms with Crippen LogP contribution in [-0.4, -0.2) is 12.1 Å². The molecule has 0 aliphatic rings. The molecule has 8 heteroatoms. The van der Waals surface area contributed by atoms with Crippen LogP contribution in [-0.2, 0) is 0 Å². The molecule has 0 atom stereocenters. The summed E-state index contributed by atoms with van der Waals surface area (Å²) in [6, 6.07) is 1.67. The molecule has 0 saturated carbocycles. The van der Waals surface area contributed by atoms with Crippen LogP contribution in [0.3, 0.4) is 0 Å². The molecule has 0 aromatic rings. The maximum atomic E-state index is 12.3. The number of halogens is 6. The van der Waals surface area contributed by atoms with Gasteiger partial charge in [0.05, 0.1) is 0 Å². The van der Waals surface area contributed by atoms with Crippen molar-refractivity contribution < 1.29 is 22.0 Å². The van der Waals surface area contributed by atoms with Gasteiger partial charge in [0, 0.05) is 0 Å². The molecule has 0 unspecified atom stereocenters. The first-order valence-corrected chi connectivity index (χ1v) is 3.21. The Kier molecular flexibility index (Phi) is 3.44.